The third-order valence-electron chi connectivity index (χ3n) is 3.00. The Morgan fingerprint density at radius 2 is 2.16 bits per heavy atom. The first-order valence-electron chi connectivity index (χ1n) is 6.11. The average Bonchev–Trinajstić information content (AvgIpc) is 2.87. The van der Waals surface area contributed by atoms with E-state index in [1.54, 1.807) is 12.1 Å². The van der Waals surface area contributed by atoms with Crippen molar-refractivity contribution in [3.63, 3.8) is 0 Å². The van der Waals surface area contributed by atoms with E-state index >= 15 is 0 Å². The highest BCUT2D eigenvalue weighted by molar-refractivity contribution is 5.61. The normalized spacial score (nSPS) is 12.3. The van der Waals surface area contributed by atoms with Crippen LogP contribution in [-0.4, -0.2) is 18.0 Å². The lowest BCUT2D eigenvalue weighted by Crippen LogP contribution is -2.23. The minimum atomic E-state index is -0.406. The van der Waals surface area contributed by atoms with Crippen LogP contribution in [-0.2, 0) is 6.42 Å². The number of non-ortho nitro benzene ring substituents is 1. The number of rotatable bonds is 5. The van der Waals surface area contributed by atoms with Gasteiger partial charge in [0.15, 0.2) is 0 Å². The number of nitrogens with zero attached hydrogens (tertiary/aromatic N) is 1. The van der Waals surface area contributed by atoms with Gasteiger partial charge in [-0.3, -0.25) is 10.1 Å². The second kappa shape index (κ2) is 5.67. The summed E-state index contributed by atoms with van der Waals surface area (Å²) >= 11 is 0. The van der Waals surface area contributed by atoms with E-state index in [1.807, 2.05) is 19.2 Å². The highest BCUT2D eigenvalue weighted by atomic mass is 16.6. The molecule has 1 N–H and O–H groups in total. The Bertz CT molecular complexity index is 578. The van der Waals surface area contributed by atoms with Crippen LogP contribution < -0.4 is 5.32 Å². The Morgan fingerprint density at radius 1 is 1.37 bits per heavy atom. The Kier molecular flexibility index (Phi) is 3.97. The number of hydrogen-bond donors (Lipinski definition) is 1. The molecule has 5 nitrogen and oxygen atoms in total. The molecule has 0 aliphatic heterocycles. The van der Waals surface area contributed by atoms with E-state index < -0.39 is 4.92 Å². The summed E-state index contributed by atoms with van der Waals surface area (Å²) in [5.41, 5.74) is 0.789. The second-order valence-corrected chi connectivity index (χ2v) is 4.47. The van der Waals surface area contributed by atoms with Crippen LogP contribution in [0, 0.1) is 10.1 Å². The van der Waals surface area contributed by atoms with Crippen LogP contribution >= 0.6 is 0 Å². The molecule has 0 bridgehead atoms. The van der Waals surface area contributed by atoms with Crippen molar-refractivity contribution in [1.82, 2.24) is 5.32 Å². The molecule has 1 heterocycles. The molecule has 0 fully saturated rings. The van der Waals surface area contributed by atoms with Gasteiger partial charge in [0, 0.05) is 30.2 Å². The lowest BCUT2D eigenvalue weighted by atomic mass is 10.1. The maximum Gasteiger partial charge on any atom is 0.270 e. The maximum absolute atomic E-state index is 10.7. The van der Waals surface area contributed by atoms with Crippen molar-refractivity contribution < 1.29 is 9.34 Å². The van der Waals surface area contributed by atoms with E-state index in [0.29, 0.717) is 11.8 Å². The third kappa shape index (κ3) is 3.20. The van der Waals surface area contributed by atoms with Crippen molar-refractivity contribution in [2.75, 3.05) is 7.05 Å². The molecule has 1 aromatic carbocycles. The van der Waals surface area contributed by atoms with Gasteiger partial charge in [0.25, 0.3) is 5.69 Å². The second-order valence-electron chi connectivity index (χ2n) is 4.47. The molecule has 0 radical (unpaired) electrons. The number of hydrogen-bond acceptors (Lipinski definition) is 4. The van der Waals surface area contributed by atoms with E-state index in [2.05, 4.69) is 12.2 Å². The zero-order chi connectivity index (χ0) is 13.8. The molecule has 0 aliphatic carbocycles. The summed E-state index contributed by atoms with van der Waals surface area (Å²) in [5.74, 6) is 1.52. The van der Waals surface area contributed by atoms with Crippen molar-refractivity contribution in [2.45, 2.75) is 19.4 Å². The molecule has 0 amide bonds. The first-order chi connectivity index (χ1) is 9.10. The van der Waals surface area contributed by atoms with Crippen molar-refractivity contribution in [3.05, 3.63) is 52.3 Å². The van der Waals surface area contributed by atoms with Gasteiger partial charge in [-0.15, -0.1) is 0 Å². The van der Waals surface area contributed by atoms with Gasteiger partial charge in [0.2, 0.25) is 0 Å². The Morgan fingerprint density at radius 3 is 2.84 bits per heavy atom. The van der Waals surface area contributed by atoms with Crippen LogP contribution in [0.4, 0.5) is 5.69 Å². The van der Waals surface area contributed by atoms with Crippen LogP contribution in [0.2, 0.25) is 0 Å². The van der Waals surface area contributed by atoms with Gasteiger partial charge < -0.3 is 9.73 Å². The molecule has 0 saturated heterocycles. The zero-order valence-corrected chi connectivity index (χ0v) is 10.9. The standard InChI is InChI=1S/C14H16N2O3/c1-10(15-2)8-13-6-7-14(19-13)11-4-3-5-12(9-11)16(17)18/h3-7,9-10,15H,8H2,1-2H3. The lowest BCUT2D eigenvalue weighted by molar-refractivity contribution is -0.384. The molecule has 2 rings (SSSR count). The van der Waals surface area contributed by atoms with E-state index in [-0.39, 0.29) is 5.69 Å². The molecule has 2 aromatic rings. The molecule has 100 valence electrons. The predicted molar refractivity (Wildman–Crippen MR) is 73.0 cm³/mol. The van der Waals surface area contributed by atoms with E-state index in [9.17, 15) is 10.1 Å². The molecule has 5 heteroatoms. The lowest BCUT2D eigenvalue weighted by Gasteiger charge is -2.06. The van der Waals surface area contributed by atoms with Crippen LogP contribution in [0.15, 0.2) is 40.8 Å². The molecule has 1 aromatic heterocycles. The van der Waals surface area contributed by atoms with Crippen molar-refractivity contribution >= 4 is 5.69 Å². The predicted octanol–water partition coefficient (Wildman–Crippen LogP) is 3.01. The Hall–Kier alpha value is -2.14. The van der Waals surface area contributed by atoms with Crippen LogP contribution in [0.1, 0.15) is 12.7 Å². The fourth-order valence-electron chi connectivity index (χ4n) is 1.82. The monoisotopic (exact) mass is 260 g/mol. The summed E-state index contributed by atoms with van der Waals surface area (Å²) in [6.45, 7) is 2.07. The highest BCUT2D eigenvalue weighted by Gasteiger charge is 2.11. The zero-order valence-electron chi connectivity index (χ0n) is 10.9. The summed E-state index contributed by atoms with van der Waals surface area (Å²) in [6, 6.07) is 10.5. The van der Waals surface area contributed by atoms with Gasteiger partial charge in [0.05, 0.1) is 4.92 Å². The number of nitrogens with one attached hydrogen (secondary N) is 1. The van der Waals surface area contributed by atoms with E-state index in [1.165, 1.54) is 12.1 Å². The molecule has 0 aliphatic rings. The van der Waals surface area contributed by atoms with Crippen molar-refractivity contribution in [2.24, 2.45) is 0 Å². The molecule has 0 saturated carbocycles. The number of benzene rings is 1. The fourth-order valence-corrected chi connectivity index (χ4v) is 1.82. The molecule has 1 unspecified atom stereocenters. The first kappa shape index (κ1) is 13.3. The van der Waals surface area contributed by atoms with Crippen LogP contribution in [0.5, 0.6) is 0 Å². The number of nitro groups is 1. The average molecular weight is 260 g/mol. The molecule has 19 heavy (non-hydrogen) atoms. The number of furan rings is 1. The highest BCUT2D eigenvalue weighted by Crippen LogP contribution is 2.26. The first-order valence-corrected chi connectivity index (χ1v) is 6.11. The quantitative estimate of drug-likeness (QED) is 0.662. The summed E-state index contributed by atoms with van der Waals surface area (Å²) in [7, 11) is 1.90. The number of nitro benzene ring substituents is 1. The summed E-state index contributed by atoms with van der Waals surface area (Å²) in [6.07, 6.45) is 0.783. The summed E-state index contributed by atoms with van der Waals surface area (Å²) in [5, 5.41) is 13.9. The Labute approximate surface area is 111 Å². The van der Waals surface area contributed by atoms with Crippen LogP contribution in [0.3, 0.4) is 0 Å². The third-order valence-corrected chi connectivity index (χ3v) is 3.00. The van der Waals surface area contributed by atoms with Crippen molar-refractivity contribution in [1.29, 1.82) is 0 Å². The SMILES string of the molecule is CNC(C)Cc1ccc(-c2cccc([N+](=O)[O-])c2)o1. The van der Waals surface area contributed by atoms with Gasteiger partial charge in [-0.2, -0.15) is 0 Å². The van der Waals surface area contributed by atoms with Gasteiger partial charge in [0.1, 0.15) is 11.5 Å². The molecule has 1 atom stereocenters. The molecule has 0 spiro atoms. The largest absolute Gasteiger partial charge is 0.461 e. The molecular formula is C14H16N2O3. The fraction of sp³-hybridized carbons (Fsp3) is 0.286. The summed E-state index contributed by atoms with van der Waals surface area (Å²) < 4.78 is 5.71. The maximum atomic E-state index is 10.7. The number of likely N-dealkylation sites (N-methyl/N-ethyl adjacent to an activating group) is 1. The Balaban J connectivity index is 2.22. The molecular weight excluding hydrogens is 244 g/mol. The van der Waals surface area contributed by atoms with Gasteiger partial charge in [-0.1, -0.05) is 12.1 Å². The topological polar surface area (TPSA) is 68.3 Å². The van der Waals surface area contributed by atoms with Gasteiger partial charge in [-0.05, 0) is 26.1 Å². The minimum absolute atomic E-state index is 0.0686. The van der Waals surface area contributed by atoms with Crippen LogP contribution in [0.25, 0.3) is 11.3 Å². The van der Waals surface area contributed by atoms with Crippen molar-refractivity contribution in [3.8, 4) is 11.3 Å². The van der Waals surface area contributed by atoms with Gasteiger partial charge in [-0.25, -0.2) is 0 Å². The minimum Gasteiger partial charge on any atom is -0.461 e. The van der Waals surface area contributed by atoms with Gasteiger partial charge >= 0.3 is 0 Å². The smallest absolute Gasteiger partial charge is 0.270 e. The summed E-state index contributed by atoms with van der Waals surface area (Å²) in [4.78, 5) is 10.3. The van der Waals surface area contributed by atoms with E-state index in [0.717, 1.165) is 17.7 Å². The van der Waals surface area contributed by atoms with E-state index in [4.69, 9.17) is 4.42 Å².